The van der Waals surface area contributed by atoms with Gasteiger partial charge in [-0.1, -0.05) is 5.16 Å². The molecule has 2 aliphatic rings. The van der Waals surface area contributed by atoms with Gasteiger partial charge in [0, 0.05) is 31.6 Å². The number of piperidine rings is 1. The molecule has 2 aliphatic heterocycles. The minimum Gasteiger partial charge on any atom is -0.378 e. The van der Waals surface area contributed by atoms with E-state index >= 15 is 0 Å². The highest BCUT2D eigenvalue weighted by atomic mass is 16.5. The maximum absolute atomic E-state index is 12.4. The zero-order valence-corrected chi connectivity index (χ0v) is 12.6. The van der Waals surface area contributed by atoms with Gasteiger partial charge in [-0.15, -0.1) is 0 Å². The molecule has 2 saturated heterocycles. The van der Waals surface area contributed by atoms with Crippen molar-refractivity contribution in [1.29, 1.82) is 0 Å². The molecule has 0 unspecified atom stereocenters. The molecule has 0 N–H and O–H groups in total. The van der Waals surface area contributed by atoms with E-state index in [0.717, 1.165) is 57.0 Å². The van der Waals surface area contributed by atoms with Crippen molar-refractivity contribution in [2.45, 2.75) is 26.3 Å². The highest BCUT2D eigenvalue weighted by Crippen LogP contribution is 2.21. The smallest absolute Gasteiger partial charge is 0.225 e. The van der Waals surface area contributed by atoms with Gasteiger partial charge in [0.1, 0.15) is 5.76 Å². The van der Waals surface area contributed by atoms with E-state index in [-0.39, 0.29) is 5.92 Å². The minimum atomic E-state index is 0.179. The number of likely N-dealkylation sites (tertiary alicyclic amines) is 1. The van der Waals surface area contributed by atoms with Crippen molar-refractivity contribution < 1.29 is 14.1 Å². The van der Waals surface area contributed by atoms with E-state index in [9.17, 15) is 4.79 Å². The molecular weight excluding hydrogens is 270 g/mol. The second-order valence-electron chi connectivity index (χ2n) is 5.92. The number of hydrogen-bond acceptors (Lipinski definition) is 5. The van der Waals surface area contributed by atoms with Crippen molar-refractivity contribution >= 4 is 5.91 Å². The Bertz CT molecular complexity index is 474. The summed E-state index contributed by atoms with van der Waals surface area (Å²) in [6, 6.07) is 1.98. The van der Waals surface area contributed by atoms with E-state index in [1.807, 2.05) is 17.9 Å². The number of aryl methyl sites for hydroxylation is 1. The van der Waals surface area contributed by atoms with Crippen LogP contribution in [0.2, 0.25) is 0 Å². The number of hydrogen-bond donors (Lipinski definition) is 0. The molecule has 0 aromatic carbocycles. The minimum absolute atomic E-state index is 0.179. The van der Waals surface area contributed by atoms with Gasteiger partial charge in [0.15, 0.2) is 0 Å². The van der Waals surface area contributed by atoms with E-state index in [0.29, 0.717) is 19.1 Å². The quantitative estimate of drug-likeness (QED) is 0.834. The van der Waals surface area contributed by atoms with Gasteiger partial charge >= 0.3 is 0 Å². The molecule has 3 heterocycles. The van der Waals surface area contributed by atoms with E-state index in [4.69, 9.17) is 9.26 Å². The molecule has 2 fully saturated rings. The molecule has 0 aliphatic carbocycles. The van der Waals surface area contributed by atoms with Gasteiger partial charge in [0.25, 0.3) is 0 Å². The summed E-state index contributed by atoms with van der Waals surface area (Å²) in [6.07, 6.45) is 1.88. The van der Waals surface area contributed by atoms with Gasteiger partial charge < -0.3 is 14.2 Å². The van der Waals surface area contributed by atoms with E-state index in [1.165, 1.54) is 0 Å². The summed E-state index contributed by atoms with van der Waals surface area (Å²) in [7, 11) is 0. The van der Waals surface area contributed by atoms with Crippen molar-refractivity contribution in [2.24, 2.45) is 5.92 Å². The third-order valence-electron chi connectivity index (χ3n) is 4.32. The van der Waals surface area contributed by atoms with Gasteiger partial charge in [-0.2, -0.15) is 0 Å². The lowest BCUT2D eigenvalue weighted by molar-refractivity contribution is -0.141. The van der Waals surface area contributed by atoms with Crippen LogP contribution in [0.25, 0.3) is 0 Å². The van der Waals surface area contributed by atoms with Gasteiger partial charge in [0.2, 0.25) is 5.91 Å². The summed E-state index contributed by atoms with van der Waals surface area (Å²) < 4.78 is 10.4. The lowest BCUT2D eigenvalue weighted by atomic mass is 9.95. The molecule has 6 nitrogen and oxygen atoms in total. The average Bonchev–Trinajstić information content (AvgIpc) is 2.93. The fraction of sp³-hybridized carbons (Fsp3) is 0.733. The highest BCUT2D eigenvalue weighted by Gasteiger charge is 2.29. The molecule has 21 heavy (non-hydrogen) atoms. The van der Waals surface area contributed by atoms with Gasteiger partial charge in [-0.3, -0.25) is 9.69 Å². The number of nitrogens with zero attached hydrogens (tertiary/aromatic N) is 3. The molecular formula is C15H23N3O3. The molecule has 3 rings (SSSR count). The zero-order chi connectivity index (χ0) is 14.7. The first kappa shape index (κ1) is 14.5. The Morgan fingerprint density at radius 2 is 2.00 bits per heavy atom. The van der Waals surface area contributed by atoms with Crippen LogP contribution in [-0.4, -0.2) is 60.3 Å². The number of carbonyl (C=O) groups excluding carboxylic acids is 1. The third-order valence-corrected chi connectivity index (χ3v) is 4.32. The number of morpholine rings is 1. The molecule has 1 aromatic rings. The average molecular weight is 293 g/mol. The van der Waals surface area contributed by atoms with E-state index < -0.39 is 0 Å². The number of amides is 1. The van der Waals surface area contributed by atoms with Crippen molar-refractivity contribution in [3.05, 3.63) is 17.5 Å². The Hall–Kier alpha value is -1.40. The predicted molar refractivity (Wildman–Crippen MR) is 76.6 cm³/mol. The van der Waals surface area contributed by atoms with Gasteiger partial charge in [-0.05, 0) is 32.9 Å². The second kappa shape index (κ2) is 6.58. The Morgan fingerprint density at radius 3 is 2.62 bits per heavy atom. The first-order valence-corrected chi connectivity index (χ1v) is 7.73. The van der Waals surface area contributed by atoms with E-state index in [2.05, 4.69) is 10.1 Å². The lowest BCUT2D eigenvalue weighted by Gasteiger charge is -2.35. The molecule has 0 radical (unpaired) electrons. The van der Waals surface area contributed by atoms with Crippen LogP contribution in [0.5, 0.6) is 0 Å². The lowest BCUT2D eigenvalue weighted by Crippen LogP contribution is -2.46. The standard InChI is InChI=1S/C15H23N3O3/c1-12-10-14(16-21-12)11-17-4-2-13(3-5-17)15(19)18-6-8-20-9-7-18/h10,13H,2-9,11H2,1H3. The summed E-state index contributed by atoms with van der Waals surface area (Å²) in [5, 5.41) is 4.03. The van der Waals surface area contributed by atoms with Crippen LogP contribution >= 0.6 is 0 Å². The largest absolute Gasteiger partial charge is 0.378 e. The van der Waals surface area contributed by atoms with Gasteiger partial charge in [-0.25, -0.2) is 0 Å². The topological polar surface area (TPSA) is 58.8 Å². The first-order chi connectivity index (χ1) is 10.2. The summed E-state index contributed by atoms with van der Waals surface area (Å²) in [6.45, 7) is 7.47. The monoisotopic (exact) mass is 293 g/mol. The highest BCUT2D eigenvalue weighted by molar-refractivity contribution is 5.79. The van der Waals surface area contributed by atoms with Crippen molar-refractivity contribution in [1.82, 2.24) is 15.0 Å². The summed E-state index contributed by atoms with van der Waals surface area (Å²) in [5.41, 5.74) is 0.977. The van der Waals surface area contributed by atoms with Crippen LogP contribution in [0.4, 0.5) is 0 Å². The summed E-state index contributed by atoms with van der Waals surface area (Å²) in [5.74, 6) is 1.34. The Balaban J connectivity index is 1.47. The van der Waals surface area contributed by atoms with Crippen LogP contribution in [-0.2, 0) is 16.1 Å². The molecule has 0 spiro atoms. The molecule has 1 aromatic heterocycles. The summed E-state index contributed by atoms with van der Waals surface area (Å²) >= 11 is 0. The number of ether oxygens (including phenoxy) is 1. The molecule has 0 bridgehead atoms. The van der Waals surface area contributed by atoms with Crippen molar-refractivity contribution in [3.63, 3.8) is 0 Å². The molecule has 0 atom stereocenters. The maximum atomic E-state index is 12.4. The number of carbonyl (C=O) groups is 1. The third kappa shape index (κ3) is 3.63. The zero-order valence-electron chi connectivity index (χ0n) is 12.6. The van der Waals surface area contributed by atoms with E-state index in [1.54, 1.807) is 0 Å². The van der Waals surface area contributed by atoms with Gasteiger partial charge in [0.05, 0.1) is 18.9 Å². The first-order valence-electron chi connectivity index (χ1n) is 7.73. The Morgan fingerprint density at radius 1 is 1.29 bits per heavy atom. The van der Waals surface area contributed by atoms with Crippen LogP contribution in [0.1, 0.15) is 24.3 Å². The molecule has 1 amide bonds. The fourth-order valence-electron chi connectivity index (χ4n) is 3.10. The second-order valence-corrected chi connectivity index (χ2v) is 5.92. The normalized spacial score (nSPS) is 21.7. The molecule has 6 heteroatoms. The van der Waals surface area contributed by atoms with Crippen LogP contribution in [0.15, 0.2) is 10.6 Å². The maximum Gasteiger partial charge on any atom is 0.225 e. The molecule has 0 saturated carbocycles. The Labute approximate surface area is 125 Å². The van der Waals surface area contributed by atoms with Crippen molar-refractivity contribution in [3.8, 4) is 0 Å². The Kier molecular flexibility index (Phi) is 4.55. The summed E-state index contributed by atoms with van der Waals surface area (Å²) in [4.78, 5) is 16.8. The van der Waals surface area contributed by atoms with Crippen LogP contribution in [0.3, 0.4) is 0 Å². The predicted octanol–water partition coefficient (Wildman–Crippen LogP) is 1.05. The van der Waals surface area contributed by atoms with Crippen molar-refractivity contribution in [2.75, 3.05) is 39.4 Å². The SMILES string of the molecule is Cc1cc(CN2CCC(C(=O)N3CCOCC3)CC2)no1. The van der Waals surface area contributed by atoms with Crippen LogP contribution in [0, 0.1) is 12.8 Å². The van der Waals surface area contributed by atoms with Crippen LogP contribution < -0.4 is 0 Å². The fourth-order valence-corrected chi connectivity index (χ4v) is 3.10. The number of aromatic nitrogens is 1. The number of rotatable bonds is 3. The molecule has 116 valence electrons.